The van der Waals surface area contributed by atoms with Gasteiger partial charge in [-0.25, -0.2) is 8.78 Å². The Balaban J connectivity index is 2.03. The van der Waals surface area contributed by atoms with E-state index in [1.165, 1.54) is 19.2 Å². The van der Waals surface area contributed by atoms with Crippen molar-refractivity contribution in [2.75, 3.05) is 7.11 Å². The Hall–Kier alpha value is -2.43. The normalized spacial score (nSPS) is 17.1. The quantitative estimate of drug-likeness (QED) is 0.846. The van der Waals surface area contributed by atoms with Gasteiger partial charge in [-0.15, -0.1) is 0 Å². The van der Waals surface area contributed by atoms with Gasteiger partial charge in [0.05, 0.1) is 24.7 Å². The van der Waals surface area contributed by atoms with Crippen molar-refractivity contribution in [1.29, 1.82) is 0 Å². The minimum absolute atomic E-state index is 0.100. The molecule has 0 saturated heterocycles. The minimum Gasteiger partial charge on any atom is -0.497 e. The minimum atomic E-state index is -0.974. The van der Waals surface area contributed by atoms with Crippen LogP contribution in [0.1, 0.15) is 28.4 Å². The van der Waals surface area contributed by atoms with Crippen molar-refractivity contribution in [1.82, 2.24) is 0 Å². The molecule has 5 heteroatoms. The molecule has 3 rings (SSSR count). The lowest BCUT2D eigenvalue weighted by Crippen LogP contribution is -2.22. The van der Waals surface area contributed by atoms with E-state index in [1.807, 2.05) is 0 Å². The van der Waals surface area contributed by atoms with Gasteiger partial charge < -0.3 is 9.47 Å². The van der Waals surface area contributed by atoms with Gasteiger partial charge in [-0.3, -0.25) is 4.79 Å². The number of carbonyl (C=O) groups excluding carboxylic acids is 1. The molecule has 0 aliphatic carbocycles. The predicted octanol–water partition coefficient (Wildman–Crippen LogP) is 3.68. The number of halogens is 2. The lowest BCUT2D eigenvalue weighted by Gasteiger charge is -2.26. The molecule has 0 N–H and O–H groups in total. The average Bonchev–Trinajstić information content (AvgIpc) is 2.46. The van der Waals surface area contributed by atoms with Gasteiger partial charge in [0, 0.05) is 6.07 Å². The molecule has 0 fully saturated rings. The smallest absolute Gasteiger partial charge is 0.170 e. The maximum atomic E-state index is 13.8. The van der Waals surface area contributed by atoms with E-state index >= 15 is 0 Å². The fraction of sp³-hybridized carbons (Fsp3) is 0.188. The monoisotopic (exact) mass is 290 g/mol. The van der Waals surface area contributed by atoms with Crippen LogP contribution in [0.25, 0.3) is 0 Å². The van der Waals surface area contributed by atoms with E-state index in [-0.39, 0.29) is 23.5 Å². The van der Waals surface area contributed by atoms with Gasteiger partial charge in [0.2, 0.25) is 0 Å². The van der Waals surface area contributed by atoms with E-state index in [2.05, 4.69) is 0 Å². The number of hydrogen-bond acceptors (Lipinski definition) is 3. The first-order valence-electron chi connectivity index (χ1n) is 6.42. The molecule has 108 valence electrons. The average molecular weight is 290 g/mol. The second-order valence-electron chi connectivity index (χ2n) is 4.73. The first-order valence-corrected chi connectivity index (χ1v) is 6.42. The first kappa shape index (κ1) is 13.5. The fourth-order valence-corrected chi connectivity index (χ4v) is 2.41. The predicted molar refractivity (Wildman–Crippen MR) is 71.7 cm³/mol. The van der Waals surface area contributed by atoms with Gasteiger partial charge in [0.15, 0.2) is 5.78 Å². The highest BCUT2D eigenvalue weighted by molar-refractivity contribution is 6.00. The number of carbonyl (C=O) groups is 1. The molecule has 1 atom stereocenters. The van der Waals surface area contributed by atoms with Crippen LogP contribution in [-0.2, 0) is 0 Å². The molecule has 0 radical (unpaired) electrons. The molecule has 1 aliphatic rings. The number of Topliss-reactive ketones (excluding diaryl/α,β-unsaturated/α-hetero) is 1. The Morgan fingerprint density at radius 1 is 1.19 bits per heavy atom. The van der Waals surface area contributed by atoms with E-state index in [4.69, 9.17) is 9.47 Å². The summed E-state index contributed by atoms with van der Waals surface area (Å²) >= 11 is 0. The Bertz CT molecular complexity index is 692. The lowest BCUT2D eigenvalue weighted by molar-refractivity contribution is 0.0840. The van der Waals surface area contributed by atoms with Gasteiger partial charge in [-0.1, -0.05) is 6.07 Å². The number of ketones is 1. The molecule has 1 heterocycles. The van der Waals surface area contributed by atoms with Crippen LogP contribution < -0.4 is 9.47 Å². The van der Waals surface area contributed by atoms with E-state index in [1.54, 1.807) is 12.1 Å². The van der Waals surface area contributed by atoms with Crippen LogP contribution in [0.5, 0.6) is 11.5 Å². The third-order valence-electron chi connectivity index (χ3n) is 3.45. The van der Waals surface area contributed by atoms with Crippen LogP contribution in [0, 0.1) is 11.6 Å². The summed E-state index contributed by atoms with van der Waals surface area (Å²) in [6, 6.07) is 8.34. The SMILES string of the molecule is COc1ccc2c(c1)OC(c1c(F)cccc1F)CC2=O. The van der Waals surface area contributed by atoms with E-state index in [9.17, 15) is 13.6 Å². The van der Waals surface area contributed by atoms with Gasteiger partial charge in [0.1, 0.15) is 29.2 Å². The molecule has 2 aromatic rings. The van der Waals surface area contributed by atoms with Crippen molar-refractivity contribution in [3.8, 4) is 11.5 Å². The van der Waals surface area contributed by atoms with Crippen molar-refractivity contribution in [3.63, 3.8) is 0 Å². The molecule has 0 saturated carbocycles. The number of ether oxygens (including phenoxy) is 2. The highest BCUT2D eigenvalue weighted by Gasteiger charge is 2.31. The molecule has 3 nitrogen and oxygen atoms in total. The van der Waals surface area contributed by atoms with Gasteiger partial charge in [0.25, 0.3) is 0 Å². The van der Waals surface area contributed by atoms with E-state index in [0.717, 1.165) is 12.1 Å². The summed E-state index contributed by atoms with van der Waals surface area (Å²) in [6.07, 6.45) is -1.07. The highest BCUT2D eigenvalue weighted by Crippen LogP contribution is 2.38. The van der Waals surface area contributed by atoms with Crippen molar-refractivity contribution in [2.24, 2.45) is 0 Å². The Morgan fingerprint density at radius 3 is 2.57 bits per heavy atom. The maximum absolute atomic E-state index is 13.8. The number of methoxy groups -OCH3 is 1. The third kappa shape index (κ3) is 2.35. The van der Waals surface area contributed by atoms with Crippen molar-refractivity contribution < 1.29 is 23.0 Å². The molecular formula is C16H12F2O3. The van der Waals surface area contributed by atoms with Crippen LogP contribution in [0.4, 0.5) is 8.78 Å². The summed E-state index contributed by atoms with van der Waals surface area (Å²) in [5, 5.41) is 0. The molecular weight excluding hydrogens is 278 g/mol. The maximum Gasteiger partial charge on any atom is 0.170 e. The topological polar surface area (TPSA) is 35.5 Å². The van der Waals surface area contributed by atoms with Crippen LogP contribution >= 0.6 is 0 Å². The molecule has 2 aromatic carbocycles. The molecule has 0 aromatic heterocycles. The Morgan fingerprint density at radius 2 is 1.90 bits per heavy atom. The summed E-state index contributed by atoms with van der Waals surface area (Å²) in [6.45, 7) is 0. The lowest BCUT2D eigenvalue weighted by atomic mass is 9.95. The number of rotatable bonds is 2. The molecule has 0 bridgehead atoms. The van der Waals surface area contributed by atoms with Gasteiger partial charge >= 0.3 is 0 Å². The summed E-state index contributed by atoms with van der Waals surface area (Å²) in [5.41, 5.74) is 0.170. The standard InChI is InChI=1S/C16H12F2O3/c1-20-9-5-6-10-13(19)8-15(21-14(10)7-9)16-11(17)3-2-4-12(16)18/h2-7,15H,8H2,1H3. The zero-order valence-electron chi connectivity index (χ0n) is 11.2. The van der Waals surface area contributed by atoms with E-state index < -0.39 is 17.7 Å². The van der Waals surface area contributed by atoms with Crippen LogP contribution in [-0.4, -0.2) is 12.9 Å². The Kier molecular flexibility index (Phi) is 3.33. The van der Waals surface area contributed by atoms with Gasteiger partial charge in [-0.2, -0.15) is 0 Å². The first-order chi connectivity index (χ1) is 10.1. The second kappa shape index (κ2) is 5.16. The van der Waals surface area contributed by atoms with E-state index in [0.29, 0.717) is 11.3 Å². The number of hydrogen-bond donors (Lipinski definition) is 0. The van der Waals surface area contributed by atoms with Crippen LogP contribution in [0.2, 0.25) is 0 Å². The zero-order chi connectivity index (χ0) is 15.0. The summed E-state index contributed by atoms with van der Waals surface area (Å²) in [5.74, 6) is -0.876. The molecule has 21 heavy (non-hydrogen) atoms. The molecule has 1 aliphatic heterocycles. The highest BCUT2D eigenvalue weighted by atomic mass is 19.1. The van der Waals surface area contributed by atoms with Crippen molar-refractivity contribution >= 4 is 5.78 Å². The fourth-order valence-electron chi connectivity index (χ4n) is 2.41. The molecule has 1 unspecified atom stereocenters. The third-order valence-corrected chi connectivity index (χ3v) is 3.45. The largest absolute Gasteiger partial charge is 0.497 e. The number of benzene rings is 2. The summed E-state index contributed by atoms with van der Waals surface area (Å²) < 4.78 is 38.3. The summed E-state index contributed by atoms with van der Waals surface area (Å²) in [7, 11) is 1.49. The number of fused-ring (bicyclic) bond motifs is 1. The van der Waals surface area contributed by atoms with Crippen LogP contribution in [0.15, 0.2) is 36.4 Å². The zero-order valence-corrected chi connectivity index (χ0v) is 11.2. The second-order valence-corrected chi connectivity index (χ2v) is 4.73. The van der Waals surface area contributed by atoms with Crippen LogP contribution in [0.3, 0.4) is 0 Å². The van der Waals surface area contributed by atoms with Crippen molar-refractivity contribution in [3.05, 3.63) is 59.2 Å². The van der Waals surface area contributed by atoms with Gasteiger partial charge in [-0.05, 0) is 24.3 Å². The molecule has 0 spiro atoms. The molecule has 0 amide bonds. The Labute approximate surface area is 120 Å². The summed E-state index contributed by atoms with van der Waals surface area (Å²) in [4.78, 5) is 12.1. The van der Waals surface area contributed by atoms with Crippen molar-refractivity contribution in [2.45, 2.75) is 12.5 Å².